The summed E-state index contributed by atoms with van der Waals surface area (Å²) in [5.74, 6) is -0.171. The molecule has 0 aliphatic carbocycles. The Hall–Kier alpha value is -2.62. The predicted molar refractivity (Wildman–Crippen MR) is 105 cm³/mol. The van der Waals surface area contributed by atoms with Crippen LogP contribution >= 0.6 is 0 Å². The van der Waals surface area contributed by atoms with Gasteiger partial charge in [-0.3, -0.25) is 9.59 Å². The lowest BCUT2D eigenvalue weighted by Crippen LogP contribution is -2.32. The lowest BCUT2D eigenvalue weighted by molar-refractivity contribution is 0.0761. The maximum Gasteiger partial charge on any atom is 0.255 e. The summed E-state index contributed by atoms with van der Waals surface area (Å²) in [7, 11) is 0. The second-order valence-corrected chi connectivity index (χ2v) is 7.06. The van der Waals surface area contributed by atoms with E-state index >= 15 is 0 Å². The Bertz CT molecular complexity index is 806. The van der Waals surface area contributed by atoms with E-state index in [1.165, 1.54) is 12.8 Å². The number of aryl methyl sites for hydroxylation is 2. The quantitative estimate of drug-likeness (QED) is 0.881. The van der Waals surface area contributed by atoms with E-state index in [4.69, 9.17) is 0 Å². The third-order valence-corrected chi connectivity index (χ3v) is 4.90. The zero-order valence-electron chi connectivity index (χ0n) is 15.5. The number of anilines is 1. The zero-order valence-corrected chi connectivity index (χ0v) is 15.5. The summed E-state index contributed by atoms with van der Waals surface area (Å²) in [4.78, 5) is 27.3. The molecule has 26 heavy (non-hydrogen) atoms. The van der Waals surface area contributed by atoms with E-state index < -0.39 is 0 Å². The maximum atomic E-state index is 12.8. The number of carbonyl (C=O) groups excluding carboxylic acids is 2. The molecule has 0 atom stereocenters. The third-order valence-electron chi connectivity index (χ3n) is 4.90. The number of hydrogen-bond acceptors (Lipinski definition) is 2. The van der Waals surface area contributed by atoms with Gasteiger partial charge < -0.3 is 10.2 Å². The number of carbonyl (C=O) groups is 2. The highest BCUT2D eigenvalue weighted by Gasteiger charge is 2.18. The Labute approximate surface area is 155 Å². The van der Waals surface area contributed by atoms with E-state index in [1.807, 2.05) is 36.9 Å². The number of benzene rings is 2. The molecule has 1 fully saturated rings. The minimum absolute atomic E-state index is 0.0214. The van der Waals surface area contributed by atoms with Crippen LogP contribution in [0.3, 0.4) is 0 Å². The maximum absolute atomic E-state index is 12.8. The number of rotatable bonds is 3. The van der Waals surface area contributed by atoms with E-state index in [9.17, 15) is 9.59 Å². The van der Waals surface area contributed by atoms with Crippen molar-refractivity contribution in [2.75, 3.05) is 18.4 Å². The monoisotopic (exact) mass is 350 g/mol. The molecule has 0 unspecified atom stereocenters. The van der Waals surface area contributed by atoms with Gasteiger partial charge in [0.1, 0.15) is 0 Å². The van der Waals surface area contributed by atoms with E-state index in [0.29, 0.717) is 11.1 Å². The van der Waals surface area contributed by atoms with Gasteiger partial charge in [-0.1, -0.05) is 36.6 Å². The fourth-order valence-corrected chi connectivity index (χ4v) is 3.40. The van der Waals surface area contributed by atoms with Crippen LogP contribution < -0.4 is 5.32 Å². The van der Waals surface area contributed by atoms with Crippen LogP contribution in [0.4, 0.5) is 5.69 Å². The van der Waals surface area contributed by atoms with Gasteiger partial charge in [0.2, 0.25) is 0 Å². The molecule has 0 aromatic heterocycles. The summed E-state index contributed by atoms with van der Waals surface area (Å²) in [6.45, 7) is 5.61. The van der Waals surface area contributed by atoms with Crippen molar-refractivity contribution in [2.45, 2.75) is 39.5 Å². The van der Waals surface area contributed by atoms with E-state index in [1.54, 1.807) is 24.3 Å². The largest absolute Gasteiger partial charge is 0.339 e. The van der Waals surface area contributed by atoms with Crippen LogP contribution in [0.5, 0.6) is 0 Å². The van der Waals surface area contributed by atoms with Crippen LogP contribution in [0.1, 0.15) is 57.5 Å². The van der Waals surface area contributed by atoms with Gasteiger partial charge in [-0.25, -0.2) is 0 Å². The summed E-state index contributed by atoms with van der Waals surface area (Å²) in [6.07, 6.45) is 4.47. The fourth-order valence-electron chi connectivity index (χ4n) is 3.40. The second kappa shape index (κ2) is 8.17. The first-order valence-electron chi connectivity index (χ1n) is 9.32. The highest BCUT2D eigenvalue weighted by atomic mass is 16.2. The summed E-state index contributed by atoms with van der Waals surface area (Å²) in [5.41, 5.74) is 4.07. The van der Waals surface area contributed by atoms with Crippen molar-refractivity contribution in [1.82, 2.24) is 4.90 Å². The highest BCUT2D eigenvalue weighted by molar-refractivity contribution is 6.06. The molecule has 1 N–H and O–H groups in total. The van der Waals surface area contributed by atoms with Crippen molar-refractivity contribution in [2.24, 2.45) is 0 Å². The number of nitrogens with one attached hydrogen (secondary N) is 1. The van der Waals surface area contributed by atoms with Gasteiger partial charge in [-0.05, 0) is 56.5 Å². The van der Waals surface area contributed by atoms with Gasteiger partial charge in [-0.15, -0.1) is 0 Å². The van der Waals surface area contributed by atoms with E-state index in [-0.39, 0.29) is 11.8 Å². The van der Waals surface area contributed by atoms with Gasteiger partial charge in [0, 0.05) is 29.9 Å². The Balaban J connectivity index is 1.75. The molecule has 2 aromatic carbocycles. The first-order valence-corrected chi connectivity index (χ1v) is 9.32. The van der Waals surface area contributed by atoms with Crippen molar-refractivity contribution in [1.29, 1.82) is 0 Å². The topological polar surface area (TPSA) is 49.4 Å². The van der Waals surface area contributed by atoms with Crippen molar-refractivity contribution in [3.8, 4) is 0 Å². The van der Waals surface area contributed by atoms with Gasteiger partial charge >= 0.3 is 0 Å². The molecule has 1 aliphatic heterocycles. The number of likely N-dealkylation sites (tertiary alicyclic amines) is 1. The summed E-state index contributed by atoms with van der Waals surface area (Å²) in [5, 5.41) is 2.95. The molecule has 1 heterocycles. The Morgan fingerprint density at radius 1 is 0.885 bits per heavy atom. The molecule has 2 aromatic rings. The number of amides is 2. The van der Waals surface area contributed by atoms with Gasteiger partial charge in [0.15, 0.2) is 0 Å². The first kappa shape index (κ1) is 18.2. The SMILES string of the molecule is Cc1ccc(NC(=O)c2cccc(C(=O)N3CCCCCC3)c2)c(C)c1. The number of hydrogen-bond donors (Lipinski definition) is 1. The van der Waals surface area contributed by atoms with Crippen molar-refractivity contribution < 1.29 is 9.59 Å². The second-order valence-electron chi connectivity index (χ2n) is 7.06. The lowest BCUT2D eigenvalue weighted by atomic mass is 10.1. The molecule has 3 rings (SSSR count). The molecular formula is C22H26N2O2. The fraction of sp³-hybridized carbons (Fsp3) is 0.364. The smallest absolute Gasteiger partial charge is 0.255 e. The van der Waals surface area contributed by atoms with Crippen molar-refractivity contribution in [3.05, 3.63) is 64.7 Å². The van der Waals surface area contributed by atoms with Gasteiger partial charge in [0.05, 0.1) is 0 Å². The van der Waals surface area contributed by atoms with Crippen LogP contribution in [0.15, 0.2) is 42.5 Å². The summed E-state index contributed by atoms with van der Waals surface area (Å²) >= 11 is 0. The van der Waals surface area contributed by atoms with Crippen LogP contribution in [0, 0.1) is 13.8 Å². The minimum atomic E-state index is -0.192. The Morgan fingerprint density at radius 3 is 2.27 bits per heavy atom. The highest BCUT2D eigenvalue weighted by Crippen LogP contribution is 2.18. The summed E-state index contributed by atoms with van der Waals surface area (Å²) < 4.78 is 0. The minimum Gasteiger partial charge on any atom is -0.339 e. The molecule has 2 amide bonds. The van der Waals surface area contributed by atoms with Crippen LogP contribution in [-0.4, -0.2) is 29.8 Å². The third kappa shape index (κ3) is 4.31. The summed E-state index contributed by atoms with van der Waals surface area (Å²) in [6, 6.07) is 12.9. The molecule has 136 valence electrons. The molecule has 0 bridgehead atoms. The van der Waals surface area contributed by atoms with Gasteiger partial charge in [0.25, 0.3) is 11.8 Å². The van der Waals surface area contributed by atoms with Crippen LogP contribution in [0.2, 0.25) is 0 Å². The Morgan fingerprint density at radius 2 is 1.58 bits per heavy atom. The Kier molecular flexibility index (Phi) is 5.71. The normalized spacial score (nSPS) is 14.6. The van der Waals surface area contributed by atoms with E-state index in [0.717, 1.165) is 42.7 Å². The number of nitrogens with zero attached hydrogens (tertiary/aromatic N) is 1. The van der Waals surface area contributed by atoms with Crippen LogP contribution in [0.25, 0.3) is 0 Å². The molecular weight excluding hydrogens is 324 g/mol. The standard InChI is InChI=1S/C22H26N2O2/c1-16-10-11-20(17(2)14-16)23-21(25)18-8-7-9-19(15-18)22(26)24-12-5-3-4-6-13-24/h7-11,14-15H,3-6,12-13H2,1-2H3,(H,23,25). The molecule has 0 radical (unpaired) electrons. The average Bonchev–Trinajstić information content (AvgIpc) is 2.93. The molecule has 0 saturated carbocycles. The zero-order chi connectivity index (χ0) is 18.5. The first-order chi connectivity index (χ1) is 12.5. The molecule has 1 saturated heterocycles. The van der Waals surface area contributed by atoms with Crippen molar-refractivity contribution >= 4 is 17.5 Å². The molecule has 4 heteroatoms. The lowest BCUT2D eigenvalue weighted by Gasteiger charge is -2.20. The average molecular weight is 350 g/mol. The van der Waals surface area contributed by atoms with Crippen LogP contribution in [-0.2, 0) is 0 Å². The van der Waals surface area contributed by atoms with Crippen molar-refractivity contribution in [3.63, 3.8) is 0 Å². The predicted octanol–water partition coefficient (Wildman–Crippen LogP) is 4.57. The molecule has 4 nitrogen and oxygen atoms in total. The molecule has 0 spiro atoms. The van der Waals surface area contributed by atoms with Gasteiger partial charge in [-0.2, -0.15) is 0 Å². The molecule has 1 aliphatic rings. The van der Waals surface area contributed by atoms with E-state index in [2.05, 4.69) is 5.32 Å².